The van der Waals surface area contributed by atoms with E-state index in [0.29, 0.717) is 47.6 Å². The van der Waals surface area contributed by atoms with Crippen molar-refractivity contribution in [1.82, 2.24) is 15.0 Å². The number of carbonyl (C=O) groups excluding carboxylic acids is 1. The molecule has 1 atom stereocenters. The first-order valence-corrected chi connectivity index (χ1v) is 10.5. The lowest BCUT2D eigenvalue weighted by atomic mass is 10.1. The molecule has 0 N–H and O–H groups in total. The van der Waals surface area contributed by atoms with Gasteiger partial charge in [0.25, 0.3) is 0 Å². The summed E-state index contributed by atoms with van der Waals surface area (Å²) in [5.74, 6) is 2.18. The van der Waals surface area contributed by atoms with Gasteiger partial charge in [-0.15, -0.1) is 0 Å². The fourth-order valence-electron chi connectivity index (χ4n) is 3.62. The Balaban J connectivity index is 1.56. The third-order valence-electron chi connectivity index (χ3n) is 5.11. The molecule has 1 aliphatic rings. The van der Waals surface area contributed by atoms with Crippen molar-refractivity contribution in [1.29, 1.82) is 0 Å². The summed E-state index contributed by atoms with van der Waals surface area (Å²) in [6.07, 6.45) is 1.12. The molecule has 1 saturated heterocycles. The monoisotopic (exact) mass is 441 g/mol. The van der Waals surface area contributed by atoms with Crippen LogP contribution in [0.25, 0.3) is 11.4 Å². The summed E-state index contributed by atoms with van der Waals surface area (Å²) in [6.45, 7) is 4.38. The van der Waals surface area contributed by atoms with Crippen LogP contribution in [-0.2, 0) is 11.3 Å². The molecule has 0 spiro atoms. The van der Waals surface area contributed by atoms with Crippen molar-refractivity contribution in [3.63, 3.8) is 0 Å². The number of ether oxygens (including phenoxy) is 2. The predicted molar refractivity (Wildman–Crippen MR) is 116 cm³/mol. The lowest BCUT2D eigenvalue weighted by molar-refractivity contribution is -0.129. The van der Waals surface area contributed by atoms with Crippen molar-refractivity contribution in [2.75, 3.05) is 7.11 Å². The largest absolute Gasteiger partial charge is 0.493 e. The Morgan fingerprint density at radius 3 is 2.68 bits per heavy atom. The number of likely N-dealkylation sites (tertiary alicyclic amines) is 1. The highest BCUT2D eigenvalue weighted by molar-refractivity contribution is 6.30. The average Bonchev–Trinajstić information content (AvgIpc) is 3.37. The number of rotatable bonds is 7. The van der Waals surface area contributed by atoms with Crippen molar-refractivity contribution in [2.24, 2.45) is 0 Å². The van der Waals surface area contributed by atoms with E-state index in [1.165, 1.54) is 0 Å². The minimum absolute atomic E-state index is 0.0306. The van der Waals surface area contributed by atoms with Crippen LogP contribution in [0.15, 0.2) is 47.0 Å². The van der Waals surface area contributed by atoms with E-state index in [0.717, 1.165) is 11.1 Å². The second kappa shape index (κ2) is 8.98. The van der Waals surface area contributed by atoms with Gasteiger partial charge in [-0.25, -0.2) is 0 Å². The van der Waals surface area contributed by atoms with E-state index in [-0.39, 0.29) is 18.1 Å². The van der Waals surface area contributed by atoms with Gasteiger partial charge in [0.2, 0.25) is 17.6 Å². The van der Waals surface area contributed by atoms with Gasteiger partial charge in [-0.1, -0.05) is 28.9 Å². The molecule has 2 aromatic carbocycles. The molecule has 0 aliphatic carbocycles. The summed E-state index contributed by atoms with van der Waals surface area (Å²) in [7, 11) is 1.59. The Labute approximate surface area is 185 Å². The third-order valence-corrected chi connectivity index (χ3v) is 5.36. The SMILES string of the molecule is COc1cc(-c2noc(C3CCC(=O)N3Cc3ccc(Cl)cc3)n2)ccc1OC(C)C. The minimum atomic E-state index is -0.255. The van der Waals surface area contributed by atoms with Crippen LogP contribution in [0.4, 0.5) is 0 Å². The Morgan fingerprint density at radius 2 is 1.97 bits per heavy atom. The van der Waals surface area contributed by atoms with Gasteiger partial charge in [-0.05, 0) is 56.2 Å². The zero-order valence-electron chi connectivity index (χ0n) is 17.7. The molecule has 8 heteroatoms. The molecule has 1 aliphatic heterocycles. The van der Waals surface area contributed by atoms with Crippen LogP contribution < -0.4 is 9.47 Å². The van der Waals surface area contributed by atoms with Crippen LogP contribution in [0, 0.1) is 0 Å². The minimum Gasteiger partial charge on any atom is -0.493 e. The van der Waals surface area contributed by atoms with Crippen LogP contribution in [0.2, 0.25) is 5.02 Å². The fraction of sp³-hybridized carbons (Fsp3) is 0.348. The van der Waals surface area contributed by atoms with Crippen LogP contribution in [0.1, 0.15) is 44.2 Å². The summed E-state index contributed by atoms with van der Waals surface area (Å²) < 4.78 is 16.8. The number of amides is 1. The Bertz CT molecular complexity index is 1060. The van der Waals surface area contributed by atoms with E-state index in [2.05, 4.69) is 10.1 Å². The van der Waals surface area contributed by atoms with Gasteiger partial charge in [0, 0.05) is 23.6 Å². The van der Waals surface area contributed by atoms with Crippen molar-refractivity contribution < 1.29 is 18.8 Å². The van der Waals surface area contributed by atoms with E-state index >= 15 is 0 Å². The predicted octanol–water partition coefficient (Wildman–Crippen LogP) is 5.05. The normalized spacial score (nSPS) is 16.2. The van der Waals surface area contributed by atoms with E-state index in [9.17, 15) is 4.79 Å². The molecule has 7 nitrogen and oxygen atoms in total. The number of halogens is 1. The zero-order valence-corrected chi connectivity index (χ0v) is 18.4. The number of aromatic nitrogens is 2. The fourth-order valence-corrected chi connectivity index (χ4v) is 3.75. The van der Waals surface area contributed by atoms with Gasteiger partial charge in [-0.2, -0.15) is 4.98 Å². The van der Waals surface area contributed by atoms with Gasteiger partial charge < -0.3 is 18.9 Å². The molecule has 0 saturated carbocycles. The summed E-state index contributed by atoms with van der Waals surface area (Å²) in [4.78, 5) is 18.9. The molecule has 31 heavy (non-hydrogen) atoms. The maximum absolute atomic E-state index is 12.5. The van der Waals surface area contributed by atoms with Crippen LogP contribution in [-0.4, -0.2) is 34.2 Å². The lowest BCUT2D eigenvalue weighted by Gasteiger charge is -2.22. The number of hydrogen-bond acceptors (Lipinski definition) is 6. The van der Waals surface area contributed by atoms with E-state index in [1.807, 2.05) is 56.3 Å². The Morgan fingerprint density at radius 1 is 1.19 bits per heavy atom. The highest BCUT2D eigenvalue weighted by atomic mass is 35.5. The number of carbonyl (C=O) groups is 1. The van der Waals surface area contributed by atoms with Gasteiger partial charge in [0.1, 0.15) is 6.04 Å². The lowest BCUT2D eigenvalue weighted by Crippen LogP contribution is -2.27. The summed E-state index contributed by atoms with van der Waals surface area (Å²) in [6, 6.07) is 12.7. The quantitative estimate of drug-likeness (QED) is 0.510. The van der Waals surface area contributed by atoms with Gasteiger partial charge in [-0.3, -0.25) is 4.79 Å². The highest BCUT2D eigenvalue weighted by Gasteiger charge is 2.36. The average molecular weight is 442 g/mol. The molecule has 1 aromatic heterocycles. The molecule has 1 amide bonds. The van der Waals surface area contributed by atoms with E-state index in [1.54, 1.807) is 12.0 Å². The number of methoxy groups -OCH3 is 1. The summed E-state index contributed by atoms with van der Waals surface area (Å²) in [5.41, 5.74) is 1.74. The zero-order chi connectivity index (χ0) is 22.0. The van der Waals surface area contributed by atoms with Crippen molar-refractivity contribution in [3.05, 3.63) is 58.9 Å². The third kappa shape index (κ3) is 4.66. The maximum Gasteiger partial charge on any atom is 0.249 e. The molecule has 4 rings (SSSR count). The summed E-state index contributed by atoms with van der Waals surface area (Å²) >= 11 is 5.97. The topological polar surface area (TPSA) is 77.7 Å². The molecule has 0 bridgehead atoms. The van der Waals surface area contributed by atoms with Crippen molar-refractivity contribution >= 4 is 17.5 Å². The highest BCUT2D eigenvalue weighted by Crippen LogP contribution is 2.36. The first-order chi connectivity index (χ1) is 14.9. The van der Waals surface area contributed by atoms with Crippen LogP contribution in [0.3, 0.4) is 0 Å². The molecule has 1 unspecified atom stereocenters. The number of benzene rings is 2. The Kier molecular flexibility index (Phi) is 6.13. The molecule has 3 aromatic rings. The second-order valence-electron chi connectivity index (χ2n) is 7.69. The van der Waals surface area contributed by atoms with Crippen LogP contribution >= 0.6 is 11.6 Å². The second-order valence-corrected chi connectivity index (χ2v) is 8.13. The Hall–Kier alpha value is -3.06. The molecule has 0 radical (unpaired) electrons. The van der Waals surface area contributed by atoms with E-state index in [4.69, 9.17) is 25.6 Å². The first kappa shape index (κ1) is 21.2. The molecule has 2 heterocycles. The van der Waals surface area contributed by atoms with Gasteiger partial charge in [0.05, 0.1) is 13.2 Å². The summed E-state index contributed by atoms with van der Waals surface area (Å²) in [5, 5.41) is 4.80. The van der Waals surface area contributed by atoms with Crippen molar-refractivity contribution in [2.45, 2.75) is 45.4 Å². The smallest absolute Gasteiger partial charge is 0.249 e. The molecular formula is C23H24ClN3O4. The molecule has 1 fully saturated rings. The van der Waals surface area contributed by atoms with Gasteiger partial charge in [0.15, 0.2) is 11.5 Å². The standard InChI is InChI=1S/C23H24ClN3O4/c1-14(2)30-19-10-6-16(12-20(19)29-3)22-25-23(31-26-22)18-9-11-21(28)27(18)13-15-4-7-17(24)8-5-15/h4-8,10,12,14,18H,9,11,13H2,1-3H3. The van der Waals surface area contributed by atoms with Gasteiger partial charge >= 0.3 is 0 Å². The van der Waals surface area contributed by atoms with E-state index < -0.39 is 0 Å². The molecular weight excluding hydrogens is 418 g/mol. The first-order valence-electron chi connectivity index (χ1n) is 10.2. The van der Waals surface area contributed by atoms with Crippen molar-refractivity contribution in [3.8, 4) is 22.9 Å². The molecule has 162 valence electrons. The maximum atomic E-state index is 12.5. The number of nitrogens with zero attached hydrogens (tertiary/aromatic N) is 3. The number of hydrogen-bond donors (Lipinski definition) is 0. The van der Waals surface area contributed by atoms with Crippen LogP contribution in [0.5, 0.6) is 11.5 Å².